The zero-order valence-corrected chi connectivity index (χ0v) is 14.4. The molecular weight excluding hydrogens is 370 g/mol. The van der Waals surface area contributed by atoms with E-state index in [0.717, 1.165) is 27.0 Å². The van der Waals surface area contributed by atoms with Gasteiger partial charge in [-0.05, 0) is 51.9 Å². The van der Waals surface area contributed by atoms with Crippen molar-refractivity contribution in [3.63, 3.8) is 0 Å². The molecule has 3 aromatic rings. The molecule has 1 N–H and O–H groups in total. The molecule has 1 aliphatic rings. The van der Waals surface area contributed by atoms with Gasteiger partial charge >= 0.3 is 0 Å². The minimum Gasteiger partial charge on any atom is -0.497 e. The van der Waals surface area contributed by atoms with Crippen molar-refractivity contribution in [3.8, 4) is 5.75 Å². The highest BCUT2D eigenvalue weighted by Gasteiger charge is 2.24. The van der Waals surface area contributed by atoms with E-state index in [4.69, 9.17) is 4.74 Å². The topological polar surface area (TPSA) is 64.9 Å². The SMILES string of the molecule is COc1ccc(C2C=C(c3cccc(Br)c3)Nc3nnnn32)cc1. The van der Waals surface area contributed by atoms with Crippen molar-refractivity contribution in [2.24, 2.45) is 0 Å². The summed E-state index contributed by atoms with van der Waals surface area (Å²) in [4.78, 5) is 0. The largest absolute Gasteiger partial charge is 0.497 e. The van der Waals surface area contributed by atoms with Gasteiger partial charge in [-0.15, -0.1) is 0 Å². The molecule has 2 aromatic carbocycles. The maximum absolute atomic E-state index is 5.23. The lowest BCUT2D eigenvalue weighted by Crippen LogP contribution is -2.20. The molecule has 1 atom stereocenters. The Balaban J connectivity index is 1.78. The number of anilines is 1. The van der Waals surface area contributed by atoms with Crippen LogP contribution in [0.25, 0.3) is 5.70 Å². The number of allylic oxidation sites excluding steroid dienone is 1. The summed E-state index contributed by atoms with van der Waals surface area (Å²) < 4.78 is 8.02. The van der Waals surface area contributed by atoms with Crippen LogP contribution in [0, 0.1) is 0 Å². The summed E-state index contributed by atoms with van der Waals surface area (Å²) >= 11 is 3.51. The Morgan fingerprint density at radius 1 is 1.17 bits per heavy atom. The fraction of sp³-hybridized carbons (Fsp3) is 0.118. The Labute approximate surface area is 147 Å². The van der Waals surface area contributed by atoms with Gasteiger partial charge in [-0.3, -0.25) is 0 Å². The predicted octanol–water partition coefficient (Wildman–Crippen LogP) is 3.50. The number of methoxy groups -OCH3 is 1. The number of nitrogens with zero attached hydrogens (tertiary/aromatic N) is 4. The Hall–Kier alpha value is -2.67. The molecule has 0 radical (unpaired) electrons. The Bertz CT molecular complexity index is 903. The summed E-state index contributed by atoms with van der Waals surface area (Å²) in [6.07, 6.45) is 2.12. The molecule has 0 saturated carbocycles. The summed E-state index contributed by atoms with van der Waals surface area (Å²) in [7, 11) is 1.66. The third kappa shape index (κ3) is 2.67. The number of aromatic nitrogens is 4. The van der Waals surface area contributed by atoms with E-state index in [1.54, 1.807) is 11.8 Å². The molecule has 7 heteroatoms. The first-order valence-electron chi connectivity index (χ1n) is 7.41. The highest BCUT2D eigenvalue weighted by atomic mass is 79.9. The van der Waals surface area contributed by atoms with E-state index >= 15 is 0 Å². The fourth-order valence-electron chi connectivity index (χ4n) is 2.72. The molecule has 0 bridgehead atoms. The fourth-order valence-corrected chi connectivity index (χ4v) is 3.12. The molecule has 0 fully saturated rings. The standard InChI is InChI=1S/C17H14BrN5O/c1-24-14-7-5-11(6-8-14)16-10-15(12-3-2-4-13(18)9-12)19-17-20-21-22-23(16)17/h2-10,16H,1H3,(H,19,20,22). The molecule has 0 saturated heterocycles. The summed E-state index contributed by atoms with van der Waals surface area (Å²) in [6.45, 7) is 0. The molecule has 0 aliphatic carbocycles. The van der Waals surface area contributed by atoms with Crippen molar-refractivity contribution >= 4 is 27.6 Å². The second kappa shape index (κ2) is 6.09. The van der Waals surface area contributed by atoms with E-state index in [-0.39, 0.29) is 6.04 Å². The van der Waals surface area contributed by atoms with E-state index in [1.165, 1.54) is 0 Å². The minimum absolute atomic E-state index is 0.0869. The monoisotopic (exact) mass is 383 g/mol. The second-order valence-electron chi connectivity index (χ2n) is 5.38. The van der Waals surface area contributed by atoms with Gasteiger partial charge in [0.25, 0.3) is 0 Å². The Morgan fingerprint density at radius 2 is 2.00 bits per heavy atom. The Morgan fingerprint density at radius 3 is 2.75 bits per heavy atom. The van der Waals surface area contributed by atoms with Crippen molar-refractivity contribution in [3.05, 3.63) is 70.2 Å². The summed E-state index contributed by atoms with van der Waals surface area (Å²) in [5.41, 5.74) is 3.12. The van der Waals surface area contributed by atoms with E-state index in [9.17, 15) is 0 Å². The number of fused-ring (bicyclic) bond motifs is 1. The molecule has 24 heavy (non-hydrogen) atoms. The lowest BCUT2D eigenvalue weighted by atomic mass is 10.0. The van der Waals surface area contributed by atoms with Crippen LogP contribution < -0.4 is 10.1 Å². The van der Waals surface area contributed by atoms with Gasteiger partial charge in [-0.25, -0.2) is 0 Å². The molecule has 120 valence electrons. The first-order valence-corrected chi connectivity index (χ1v) is 8.20. The van der Waals surface area contributed by atoms with Crippen LogP contribution in [0.3, 0.4) is 0 Å². The van der Waals surface area contributed by atoms with E-state index in [0.29, 0.717) is 5.95 Å². The van der Waals surface area contributed by atoms with Gasteiger partial charge in [0, 0.05) is 10.2 Å². The zero-order chi connectivity index (χ0) is 16.5. The van der Waals surface area contributed by atoms with E-state index < -0.39 is 0 Å². The minimum atomic E-state index is -0.0869. The molecular formula is C17H14BrN5O. The maximum Gasteiger partial charge on any atom is 0.248 e. The number of hydrogen-bond donors (Lipinski definition) is 1. The normalized spacial score (nSPS) is 16.1. The van der Waals surface area contributed by atoms with E-state index in [1.807, 2.05) is 42.5 Å². The second-order valence-corrected chi connectivity index (χ2v) is 6.30. The van der Waals surface area contributed by atoms with Crippen molar-refractivity contribution in [1.29, 1.82) is 0 Å². The number of benzene rings is 2. The summed E-state index contributed by atoms with van der Waals surface area (Å²) in [6, 6.07) is 15.9. The van der Waals surface area contributed by atoms with Crippen LogP contribution in [0.1, 0.15) is 17.2 Å². The van der Waals surface area contributed by atoms with Crippen LogP contribution in [0.5, 0.6) is 5.75 Å². The molecule has 0 spiro atoms. The number of tetrazole rings is 1. The predicted molar refractivity (Wildman–Crippen MR) is 94.7 cm³/mol. The van der Waals surface area contributed by atoms with Crippen LogP contribution in [-0.2, 0) is 0 Å². The first kappa shape index (κ1) is 14.9. The maximum atomic E-state index is 5.23. The van der Waals surface area contributed by atoms with Crippen molar-refractivity contribution in [2.75, 3.05) is 12.4 Å². The van der Waals surface area contributed by atoms with Crippen LogP contribution in [0.4, 0.5) is 5.95 Å². The van der Waals surface area contributed by atoms with Gasteiger partial charge in [0.1, 0.15) is 11.8 Å². The van der Waals surface area contributed by atoms with Gasteiger partial charge in [-0.2, -0.15) is 4.68 Å². The summed E-state index contributed by atoms with van der Waals surface area (Å²) in [5.74, 6) is 1.44. The van der Waals surface area contributed by atoms with Crippen molar-refractivity contribution in [1.82, 2.24) is 20.2 Å². The average molecular weight is 384 g/mol. The number of hydrogen-bond acceptors (Lipinski definition) is 5. The Kier molecular flexibility index (Phi) is 3.78. The van der Waals surface area contributed by atoms with E-state index in [2.05, 4.69) is 48.9 Å². The molecule has 2 heterocycles. The molecule has 6 nitrogen and oxygen atoms in total. The third-order valence-corrected chi connectivity index (χ3v) is 4.41. The summed E-state index contributed by atoms with van der Waals surface area (Å²) in [5, 5.41) is 15.3. The van der Waals surface area contributed by atoms with Crippen LogP contribution >= 0.6 is 15.9 Å². The van der Waals surface area contributed by atoms with Crippen LogP contribution in [0.2, 0.25) is 0 Å². The zero-order valence-electron chi connectivity index (χ0n) is 12.8. The smallest absolute Gasteiger partial charge is 0.248 e. The number of rotatable bonds is 3. The lowest BCUT2D eigenvalue weighted by molar-refractivity contribution is 0.414. The van der Waals surface area contributed by atoms with Gasteiger partial charge in [0.2, 0.25) is 5.95 Å². The average Bonchev–Trinajstić information content (AvgIpc) is 3.09. The van der Waals surface area contributed by atoms with Crippen LogP contribution in [0.15, 0.2) is 59.1 Å². The highest BCUT2D eigenvalue weighted by molar-refractivity contribution is 9.10. The lowest BCUT2D eigenvalue weighted by Gasteiger charge is -2.23. The van der Waals surface area contributed by atoms with Gasteiger partial charge in [-0.1, -0.05) is 45.3 Å². The van der Waals surface area contributed by atoms with Crippen molar-refractivity contribution in [2.45, 2.75) is 6.04 Å². The molecule has 0 amide bonds. The first-order chi connectivity index (χ1) is 11.7. The number of ether oxygens (including phenoxy) is 1. The molecule has 4 rings (SSSR count). The highest BCUT2D eigenvalue weighted by Crippen LogP contribution is 2.32. The third-order valence-electron chi connectivity index (χ3n) is 3.92. The molecule has 1 aromatic heterocycles. The van der Waals surface area contributed by atoms with Crippen LogP contribution in [-0.4, -0.2) is 27.3 Å². The van der Waals surface area contributed by atoms with Gasteiger partial charge in [0.15, 0.2) is 0 Å². The molecule has 1 unspecified atom stereocenters. The van der Waals surface area contributed by atoms with Crippen molar-refractivity contribution < 1.29 is 4.74 Å². The van der Waals surface area contributed by atoms with Gasteiger partial charge in [0.05, 0.1) is 7.11 Å². The molecule has 1 aliphatic heterocycles. The number of halogens is 1. The van der Waals surface area contributed by atoms with Gasteiger partial charge < -0.3 is 10.1 Å². The quantitative estimate of drug-likeness (QED) is 0.749. The number of nitrogens with one attached hydrogen (secondary N) is 1.